The summed E-state index contributed by atoms with van der Waals surface area (Å²) in [6.45, 7) is 0. The van der Waals surface area contributed by atoms with E-state index in [-0.39, 0.29) is 5.82 Å². The number of aromatic nitrogens is 1. The van der Waals surface area contributed by atoms with E-state index in [0.717, 1.165) is 30.5 Å². The van der Waals surface area contributed by atoms with Crippen molar-refractivity contribution in [2.75, 3.05) is 0 Å². The van der Waals surface area contributed by atoms with Crippen LogP contribution in [0.4, 0.5) is 4.39 Å². The topological polar surface area (TPSA) is 36.7 Å². The van der Waals surface area contributed by atoms with E-state index in [1.54, 1.807) is 18.2 Å². The van der Waals surface area contributed by atoms with Crippen molar-refractivity contribution >= 4 is 11.8 Å². The maximum atomic E-state index is 13.7. The third-order valence-corrected chi connectivity index (χ3v) is 4.24. The first-order valence-corrected chi connectivity index (χ1v) is 6.95. The van der Waals surface area contributed by atoms with Gasteiger partial charge in [-0.1, -0.05) is 23.9 Å². The summed E-state index contributed by atoms with van der Waals surface area (Å²) < 4.78 is 13.7. The predicted molar refractivity (Wildman–Crippen MR) is 71.5 cm³/mol. The molecule has 1 aromatic heterocycles. The number of halogens is 1. The van der Waals surface area contributed by atoms with Crippen LogP contribution in [0.25, 0.3) is 0 Å². The van der Waals surface area contributed by atoms with Crippen molar-refractivity contribution in [3.8, 4) is 6.07 Å². The molecule has 2 nitrogen and oxygen atoms in total. The molecule has 0 saturated heterocycles. The molecule has 0 spiro atoms. The highest BCUT2D eigenvalue weighted by Gasteiger charge is 2.17. The second kappa shape index (κ2) is 5.02. The summed E-state index contributed by atoms with van der Waals surface area (Å²) in [5.41, 5.74) is 2.75. The third-order valence-electron chi connectivity index (χ3n) is 3.18. The van der Waals surface area contributed by atoms with Crippen LogP contribution in [-0.2, 0) is 12.8 Å². The number of hydrogen-bond donors (Lipinski definition) is 0. The van der Waals surface area contributed by atoms with Gasteiger partial charge in [-0.05, 0) is 43.0 Å². The first-order chi connectivity index (χ1) is 9.28. The number of nitrogens with zero attached hydrogens (tertiary/aromatic N) is 2. The van der Waals surface area contributed by atoms with Gasteiger partial charge in [-0.15, -0.1) is 0 Å². The zero-order chi connectivity index (χ0) is 13.2. The monoisotopic (exact) mass is 270 g/mol. The van der Waals surface area contributed by atoms with Gasteiger partial charge in [-0.3, -0.25) is 0 Å². The van der Waals surface area contributed by atoms with Crippen LogP contribution in [0.3, 0.4) is 0 Å². The molecule has 0 N–H and O–H groups in total. The van der Waals surface area contributed by atoms with Crippen LogP contribution in [-0.4, -0.2) is 4.98 Å². The van der Waals surface area contributed by atoms with Crippen LogP contribution >= 0.6 is 11.8 Å². The number of aryl methyl sites for hydroxylation is 2. The smallest absolute Gasteiger partial charge is 0.137 e. The second-order valence-electron chi connectivity index (χ2n) is 4.44. The molecule has 1 heterocycles. The SMILES string of the molecule is N#Cc1cc2c(nc1Sc1ccccc1F)CCC2. The molecule has 3 rings (SSSR count). The molecule has 1 aliphatic carbocycles. The largest absolute Gasteiger partial charge is 0.244 e. The van der Waals surface area contributed by atoms with E-state index >= 15 is 0 Å². The highest BCUT2D eigenvalue weighted by Crippen LogP contribution is 2.33. The van der Waals surface area contributed by atoms with Gasteiger partial charge in [-0.2, -0.15) is 5.26 Å². The second-order valence-corrected chi connectivity index (χ2v) is 5.48. The Hall–Kier alpha value is -1.86. The fourth-order valence-corrected chi connectivity index (χ4v) is 3.13. The molecular weight excluding hydrogens is 259 g/mol. The molecule has 0 radical (unpaired) electrons. The number of pyridine rings is 1. The average molecular weight is 270 g/mol. The quantitative estimate of drug-likeness (QED) is 0.834. The van der Waals surface area contributed by atoms with E-state index < -0.39 is 0 Å². The van der Waals surface area contributed by atoms with Crippen LogP contribution in [0.2, 0.25) is 0 Å². The maximum Gasteiger partial charge on any atom is 0.137 e. The summed E-state index contributed by atoms with van der Waals surface area (Å²) in [6, 6.07) is 10.6. The highest BCUT2D eigenvalue weighted by atomic mass is 32.2. The molecule has 94 valence electrons. The van der Waals surface area contributed by atoms with Crippen LogP contribution < -0.4 is 0 Å². The molecular formula is C15H11FN2S. The lowest BCUT2D eigenvalue weighted by atomic mass is 10.2. The Kier molecular flexibility index (Phi) is 3.22. The first-order valence-electron chi connectivity index (χ1n) is 6.13. The molecule has 0 aliphatic heterocycles. The summed E-state index contributed by atoms with van der Waals surface area (Å²) in [5.74, 6) is -0.279. The van der Waals surface area contributed by atoms with E-state index in [9.17, 15) is 9.65 Å². The van der Waals surface area contributed by atoms with Gasteiger partial charge < -0.3 is 0 Å². The van der Waals surface area contributed by atoms with Gasteiger partial charge in [0.2, 0.25) is 0 Å². The zero-order valence-electron chi connectivity index (χ0n) is 10.2. The molecule has 0 saturated carbocycles. The van der Waals surface area contributed by atoms with E-state index in [1.165, 1.54) is 17.8 Å². The molecule has 2 aromatic rings. The maximum absolute atomic E-state index is 13.7. The van der Waals surface area contributed by atoms with Gasteiger partial charge in [0.25, 0.3) is 0 Å². The van der Waals surface area contributed by atoms with Crippen molar-refractivity contribution in [1.29, 1.82) is 5.26 Å². The lowest BCUT2D eigenvalue weighted by Gasteiger charge is -2.07. The molecule has 1 aromatic carbocycles. The summed E-state index contributed by atoms with van der Waals surface area (Å²) >= 11 is 1.22. The van der Waals surface area contributed by atoms with Gasteiger partial charge in [0, 0.05) is 10.6 Å². The molecule has 0 fully saturated rings. The fourth-order valence-electron chi connectivity index (χ4n) is 2.24. The molecule has 19 heavy (non-hydrogen) atoms. The van der Waals surface area contributed by atoms with Crippen LogP contribution in [0.1, 0.15) is 23.2 Å². The highest BCUT2D eigenvalue weighted by molar-refractivity contribution is 7.99. The Labute approximate surface area is 115 Å². The zero-order valence-corrected chi connectivity index (χ0v) is 11.0. The summed E-state index contributed by atoms with van der Waals surface area (Å²) in [6.07, 6.45) is 3.02. The predicted octanol–water partition coefficient (Wildman–Crippen LogP) is 3.73. The Bertz CT molecular complexity index is 676. The van der Waals surface area contributed by atoms with Gasteiger partial charge in [0.05, 0.1) is 5.56 Å². The van der Waals surface area contributed by atoms with Gasteiger partial charge in [0.1, 0.15) is 16.9 Å². The number of rotatable bonds is 2. The molecule has 0 bridgehead atoms. The van der Waals surface area contributed by atoms with Crippen LogP contribution in [0, 0.1) is 17.1 Å². The van der Waals surface area contributed by atoms with Crippen molar-refractivity contribution in [3.05, 3.63) is 53.0 Å². The number of fused-ring (bicyclic) bond motifs is 1. The molecule has 0 amide bonds. The summed E-state index contributed by atoms with van der Waals surface area (Å²) in [7, 11) is 0. The van der Waals surface area contributed by atoms with E-state index in [0.29, 0.717) is 15.5 Å². The van der Waals surface area contributed by atoms with Crippen molar-refractivity contribution in [2.45, 2.75) is 29.2 Å². The molecule has 4 heteroatoms. The third kappa shape index (κ3) is 2.34. The lowest BCUT2D eigenvalue weighted by molar-refractivity contribution is 0.602. The van der Waals surface area contributed by atoms with Crippen LogP contribution in [0.15, 0.2) is 40.3 Å². The van der Waals surface area contributed by atoms with E-state index in [4.69, 9.17) is 0 Å². The molecule has 0 unspecified atom stereocenters. The summed E-state index contributed by atoms with van der Waals surface area (Å²) in [5, 5.41) is 9.80. The average Bonchev–Trinajstić information content (AvgIpc) is 2.87. The van der Waals surface area contributed by atoms with Gasteiger partial charge in [0.15, 0.2) is 0 Å². The van der Waals surface area contributed by atoms with E-state index in [2.05, 4.69) is 11.1 Å². The van der Waals surface area contributed by atoms with Crippen LogP contribution in [0.5, 0.6) is 0 Å². The first kappa shape index (κ1) is 12.2. The van der Waals surface area contributed by atoms with Crippen molar-refractivity contribution in [3.63, 3.8) is 0 Å². The minimum Gasteiger partial charge on any atom is -0.244 e. The standard InChI is InChI=1S/C15H11FN2S/c16-12-5-1-2-7-14(12)19-15-11(9-17)8-10-4-3-6-13(10)18-15/h1-2,5,7-8H,3-4,6H2. The van der Waals surface area contributed by atoms with E-state index in [1.807, 2.05) is 6.07 Å². The molecule has 0 atom stereocenters. The van der Waals surface area contributed by atoms with Crippen molar-refractivity contribution < 1.29 is 4.39 Å². The molecule has 1 aliphatic rings. The van der Waals surface area contributed by atoms with Crippen molar-refractivity contribution in [1.82, 2.24) is 4.98 Å². The summed E-state index contributed by atoms with van der Waals surface area (Å²) in [4.78, 5) is 5.04. The Morgan fingerprint density at radius 3 is 2.89 bits per heavy atom. The lowest BCUT2D eigenvalue weighted by Crippen LogP contribution is -1.95. The normalized spacial score (nSPS) is 13.1. The minimum absolute atomic E-state index is 0.279. The number of benzene rings is 1. The number of nitriles is 1. The minimum atomic E-state index is -0.279. The Morgan fingerprint density at radius 1 is 1.26 bits per heavy atom. The van der Waals surface area contributed by atoms with Gasteiger partial charge in [-0.25, -0.2) is 9.37 Å². The van der Waals surface area contributed by atoms with Gasteiger partial charge >= 0.3 is 0 Å². The Morgan fingerprint density at radius 2 is 2.11 bits per heavy atom. The fraction of sp³-hybridized carbons (Fsp3) is 0.200. The number of hydrogen-bond acceptors (Lipinski definition) is 3. The van der Waals surface area contributed by atoms with Crippen molar-refractivity contribution in [2.24, 2.45) is 0 Å². The Balaban J connectivity index is 2.02.